The summed E-state index contributed by atoms with van der Waals surface area (Å²) in [5, 5.41) is 3.99. The number of rotatable bonds is 5. The Hall–Kier alpha value is -1.07. The zero-order chi connectivity index (χ0) is 13.7. The van der Waals surface area contributed by atoms with Crippen molar-refractivity contribution in [3.05, 3.63) is 11.2 Å². The fraction of sp³-hybridized carbons (Fsp3) is 0.692. The largest absolute Gasteiger partial charge is 0.467 e. The summed E-state index contributed by atoms with van der Waals surface area (Å²) in [7, 11) is 1.57. The number of halogens is 1. The number of nitrogens with one attached hydrogen (secondary N) is 1. The molecule has 1 aromatic rings. The van der Waals surface area contributed by atoms with E-state index >= 15 is 0 Å². The molecule has 19 heavy (non-hydrogen) atoms. The number of ether oxygens (including phenoxy) is 1. The highest BCUT2D eigenvalue weighted by molar-refractivity contribution is 6.32. The van der Waals surface area contributed by atoms with Crippen LogP contribution in [0, 0.1) is 0 Å². The first kappa shape index (κ1) is 14.3. The van der Waals surface area contributed by atoms with Gasteiger partial charge in [-0.05, 0) is 25.8 Å². The van der Waals surface area contributed by atoms with Gasteiger partial charge in [0.05, 0.1) is 13.3 Å². The van der Waals surface area contributed by atoms with Gasteiger partial charge in [-0.1, -0.05) is 18.5 Å². The van der Waals surface area contributed by atoms with Crippen LogP contribution >= 0.6 is 11.6 Å². The minimum atomic E-state index is 0.368. The highest BCUT2D eigenvalue weighted by Crippen LogP contribution is 2.29. The average Bonchev–Trinajstić information content (AvgIpc) is 2.46. The number of methoxy groups -OCH3 is 1. The molecule has 0 aromatic carbocycles. The van der Waals surface area contributed by atoms with E-state index in [1.807, 2.05) is 0 Å². The summed E-state index contributed by atoms with van der Waals surface area (Å²) in [5.74, 6) is 0.788. The number of likely N-dealkylation sites (N-methyl/N-ethyl adjacent to an activating group) is 1. The highest BCUT2D eigenvalue weighted by Gasteiger charge is 2.25. The minimum Gasteiger partial charge on any atom is -0.467 e. The van der Waals surface area contributed by atoms with Crippen molar-refractivity contribution in [2.24, 2.45) is 0 Å². The van der Waals surface area contributed by atoms with Crippen LogP contribution in [0.15, 0.2) is 6.20 Å². The van der Waals surface area contributed by atoms with Gasteiger partial charge in [-0.2, -0.15) is 4.98 Å². The van der Waals surface area contributed by atoms with Gasteiger partial charge in [-0.15, -0.1) is 0 Å². The van der Waals surface area contributed by atoms with Gasteiger partial charge in [-0.3, -0.25) is 0 Å². The SMILES string of the molecule is CCNCC1CCCCN1c1nc(OC)ncc1Cl. The monoisotopic (exact) mass is 284 g/mol. The van der Waals surface area contributed by atoms with E-state index in [-0.39, 0.29) is 0 Å². The molecule has 5 nitrogen and oxygen atoms in total. The van der Waals surface area contributed by atoms with Gasteiger partial charge in [0.25, 0.3) is 0 Å². The molecule has 1 unspecified atom stereocenters. The van der Waals surface area contributed by atoms with E-state index in [4.69, 9.17) is 16.3 Å². The van der Waals surface area contributed by atoms with Gasteiger partial charge in [0, 0.05) is 19.1 Å². The van der Waals surface area contributed by atoms with Crippen LogP contribution in [0.3, 0.4) is 0 Å². The van der Waals surface area contributed by atoms with Crippen LogP contribution in [0.25, 0.3) is 0 Å². The molecular formula is C13H21ClN4O. The second-order valence-electron chi connectivity index (χ2n) is 4.68. The van der Waals surface area contributed by atoms with E-state index in [1.165, 1.54) is 12.8 Å². The molecule has 0 aliphatic carbocycles. The number of hydrogen-bond acceptors (Lipinski definition) is 5. The Morgan fingerprint density at radius 2 is 2.37 bits per heavy atom. The molecule has 2 heterocycles. The van der Waals surface area contributed by atoms with E-state index in [0.29, 0.717) is 17.1 Å². The molecule has 1 aliphatic rings. The second kappa shape index (κ2) is 6.91. The summed E-state index contributed by atoms with van der Waals surface area (Å²) in [6.07, 6.45) is 5.20. The van der Waals surface area contributed by atoms with Crippen molar-refractivity contribution in [1.82, 2.24) is 15.3 Å². The fourth-order valence-electron chi connectivity index (χ4n) is 2.44. The van der Waals surface area contributed by atoms with Gasteiger partial charge in [0.1, 0.15) is 5.02 Å². The molecule has 0 amide bonds. The molecule has 0 saturated carbocycles. The lowest BCUT2D eigenvalue weighted by Crippen LogP contribution is -2.46. The fourth-order valence-corrected chi connectivity index (χ4v) is 2.64. The lowest BCUT2D eigenvalue weighted by molar-refractivity contribution is 0.376. The lowest BCUT2D eigenvalue weighted by Gasteiger charge is -2.37. The molecule has 1 saturated heterocycles. The second-order valence-corrected chi connectivity index (χ2v) is 5.09. The molecule has 0 bridgehead atoms. The van der Waals surface area contributed by atoms with Gasteiger partial charge in [-0.25, -0.2) is 4.98 Å². The first-order chi connectivity index (χ1) is 9.26. The molecule has 1 aromatic heterocycles. The Kier molecular flexibility index (Phi) is 5.22. The van der Waals surface area contributed by atoms with E-state index in [9.17, 15) is 0 Å². The maximum Gasteiger partial charge on any atom is 0.318 e. The highest BCUT2D eigenvalue weighted by atomic mass is 35.5. The Labute approximate surface area is 119 Å². The molecule has 1 fully saturated rings. The summed E-state index contributed by atoms with van der Waals surface area (Å²) in [5.41, 5.74) is 0. The van der Waals surface area contributed by atoms with Crippen LogP contribution in [0.4, 0.5) is 5.82 Å². The predicted molar refractivity (Wildman–Crippen MR) is 77.1 cm³/mol. The molecular weight excluding hydrogens is 264 g/mol. The standard InChI is InChI=1S/C13H21ClN4O/c1-3-15-8-10-6-4-5-7-18(10)12-11(14)9-16-13(17-12)19-2/h9-10,15H,3-8H2,1-2H3. The van der Waals surface area contributed by atoms with E-state index in [0.717, 1.165) is 31.9 Å². The summed E-state index contributed by atoms with van der Waals surface area (Å²) < 4.78 is 5.09. The van der Waals surface area contributed by atoms with Gasteiger partial charge in [0.15, 0.2) is 5.82 Å². The first-order valence-corrected chi connectivity index (χ1v) is 7.18. The number of aromatic nitrogens is 2. The molecule has 0 spiro atoms. The molecule has 0 radical (unpaired) electrons. The van der Waals surface area contributed by atoms with Crippen molar-refractivity contribution < 1.29 is 4.74 Å². The van der Waals surface area contributed by atoms with Gasteiger partial charge in [0.2, 0.25) is 0 Å². The van der Waals surface area contributed by atoms with Gasteiger partial charge >= 0.3 is 6.01 Å². The number of anilines is 1. The molecule has 1 atom stereocenters. The molecule has 106 valence electrons. The summed E-state index contributed by atoms with van der Waals surface area (Å²) in [6, 6.07) is 0.804. The Bertz CT molecular complexity index is 416. The average molecular weight is 285 g/mol. The smallest absolute Gasteiger partial charge is 0.318 e. The van der Waals surface area contributed by atoms with Crippen LogP contribution in [-0.4, -0.2) is 42.8 Å². The third-order valence-corrected chi connectivity index (χ3v) is 3.68. The van der Waals surface area contributed by atoms with Crippen LogP contribution in [0.2, 0.25) is 5.02 Å². The third-order valence-electron chi connectivity index (χ3n) is 3.42. The predicted octanol–water partition coefficient (Wildman–Crippen LogP) is 2.11. The van der Waals surface area contributed by atoms with Crippen LogP contribution in [0.5, 0.6) is 6.01 Å². The molecule has 1 aliphatic heterocycles. The Morgan fingerprint density at radius 1 is 1.53 bits per heavy atom. The number of hydrogen-bond donors (Lipinski definition) is 1. The zero-order valence-electron chi connectivity index (χ0n) is 11.5. The normalized spacial score (nSPS) is 19.5. The Balaban J connectivity index is 2.21. The topological polar surface area (TPSA) is 50.3 Å². The van der Waals surface area contributed by atoms with E-state index in [1.54, 1.807) is 13.3 Å². The van der Waals surface area contributed by atoms with E-state index in [2.05, 4.69) is 27.1 Å². The first-order valence-electron chi connectivity index (χ1n) is 6.80. The third kappa shape index (κ3) is 3.48. The van der Waals surface area contributed by atoms with Crippen molar-refractivity contribution in [3.63, 3.8) is 0 Å². The number of piperidine rings is 1. The quantitative estimate of drug-likeness (QED) is 0.897. The minimum absolute atomic E-state index is 0.368. The summed E-state index contributed by atoms with van der Waals surface area (Å²) in [4.78, 5) is 10.7. The maximum absolute atomic E-state index is 6.24. The van der Waals surface area contributed by atoms with Gasteiger partial charge < -0.3 is 15.0 Å². The van der Waals surface area contributed by atoms with Crippen molar-refractivity contribution >= 4 is 17.4 Å². The lowest BCUT2D eigenvalue weighted by atomic mass is 10.0. The van der Waals surface area contributed by atoms with Crippen molar-refractivity contribution in [2.75, 3.05) is 31.6 Å². The molecule has 1 N–H and O–H groups in total. The van der Waals surface area contributed by atoms with Crippen LogP contribution in [0.1, 0.15) is 26.2 Å². The van der Waals surface area contributed by atoms with Crippen LogP contribution in [-0.2, 0) is 0 Å². The van der Waals surface area contributed by atoms with E-state index < -0.39 is 0 Å². The maximum atomic E-state index is 6.24. The van der Waals surface area contributed by atoms with Crippen molar-refractivity contribution in [3.8, 4) is 6.01 Å². The summed E-state index contributed by atoms with van der Waals surface area (Å²) >= 11 is 6.24. The number of nitrogens with zero attached hydrogens (tertiary/aromatic N) is 3. The van der Waals surface area contributed by atoms with Crippen molar-refractivity contribution in [1.29, 1.82) is 0 Å². The van der Waals surface area contributed by atoms with Crippen LogP contribution < -0.4 is 15.0 Å². The molecule has 2 rings (SSSR count). The molecule has 6 heteroatoms. The Morgan fingerprint density at radius 3 is 3.11 bits per heavy atom. The van der Waals surface area contributed by atoms with Crippen molar-refractivity contribution in [2.45, 2.75) is 32.2 Å². The summed E-state index contributed by atoms with van der Waals surface area (Å²) in [6.45, 7) is 5.04. The zero-order valence-corrected chi connectivity index (χ0v) is 12.3.